The lowest BCUT2D eigenvalue weighted by atomic mass is 10.2. The van der Waals surface area contributed by atoms with E-state index < -0.39 is 0 Å². The van der Waals surface area contributed by atoms with Crippen LogP contribution in [0.15, 0.2) is 42.5 Å². The van der Waals surface area contributed by atoms with Crippen LogP contribution < -0.4 is 10.1 Å². The van der Waals surface area contributed by atoms with E-state index in [1.54, 1.807) is 13.2 Å². The Bertz CT molecular complexity index is 543. The lowest BCUT2D eigenvalue weighted by Crippen LogP contribution is -2.00. The van der Waals surface area contributed by atoms with Gasteiger partial charge in [-0.25, -0.2) is 0 Å². The van der Waals surface area contributed by atoms with E-state index in [4.69, 9.17) is 4.74 Å². The molecule has 0 aliphatic rings. The zero-order chi connectivity index (χ0) is 13.0. The van der Waals surface area contributed by atoms with E-state index in [1.807, 2.05) is 30.3 Å². The Morgan fingerprint density at radius 2 is 2.00 bits per heavy atom. The van der Waals surface area contributed by atoms with Gasteiger partial charge in [0.15, 0.2) is 11.5 Å². The Kier molecular flexibility index (Phi) is 4.30. The minimum absolute atomic E-state index is 0.193. The second kappa shape index (κ2) is 5.95. The average Bonchev–Trinajstić information content (AvgIpc) is 2.38. The molecule has 2 aromatic carbocycles. The highest BCUT2D eigenvalue weighted by Crippen LogP contribution is 2.29. The predicted molar refractivity (Wildman–Crippen MR) is 81.1 cm³/mol. The summed E-state index contributed by atoms with van der Waals surface area (Å²) in [6.45, 7) is 0.559. The molecular weight excluding hydrogens is 341 g/mol. The fraction of sp³-hybridized carbons (Fsp3) is 0.143. The topological polar surface area (TPSA) is 41.5 Å². The van der Waals surface area contributed by atoms with Crippen molar-refractivity contribution in [3.8, 4) is 11.5 Å². The second-order valence-corrected chi connectivity index (χ2v) is 5.08. The van der Waals surface area contributed by atoms with Crippen LogP contribution in [-0.4, -0.2) is 12.2 Å². The SMILES string of the molecule is COc1cccc(CNc2cccc(I)c2)c1O. The Balaban J connectivity index is 2.11. The monoisotopic (exact) mass is 355 g/mol. The molecule has 0 aliphatic heterocycles. The van der Waals surface area contributed by atoms with Gasteiger partial charge in [-0.3, -0.25) is 0 Å². The zero-order valence-electron chi connectivity index (χ0n) is 9.98. The van der Waals surface area contributed by atoms with Gasteiger partial charge in [0.05, 0.1) is 7.11 Å². The van der Waals surface area contributed by atoms with Gasteiger partial charge in [0.25, 0.3) is 0 Å². The number of methoxy groups -OCH3 is 1. The minimum Gasteiger partial charge on any atom is -0.504 e. The van der Waals surface area contributed by atoms with Crippen LogP contribution in [-0.2, 0) is 6.54 Å². The number of aromatic hydroxyl groups is 1. The van der Waals surface area contributed by atoms with E-state index in [0.717, 1.165) is 11.3 Å². The molecule has 2 rings (SSSR count). The molecule has 0 saturated heterocycles. The molecule has 0 fully saturated rings. The van der Waals surface area contributed by atoms with Gasteiger partial charge in [0.2, 0.25) is 0 Å². The average molecular weight is 355 g/mol. The molecule has 0 amide bonds. The maximum absolute atomic E-state index is 9.95. The number of ether oxygens (including phenoxy) is 1. The molecule has 2 aromatic rings. The summed E-state index contributed by atoms with van der Waals surface area (Å²) in [5.41, 5.74) is 1.84. The normalized spacial score (nSPS) is 10.1. The first-order valence-electron chi connectivity index (χ1n) is 5.55. The van der Waals surface area contributed by atoms with Crippen LogP contribution in [0.4, 0.5) is 5.69 Å². The van der Waals surface area contributed by atoms with Crippen LogP contribution in [0, 0.1) is 3.57 Å². The molecule has 0 heterocycles. The number of phenols is 1. The van der Waals surface area contributed by atoms with Crippen LogP contribution in [0.3, 0.4) is 0 Å². The molecule has 0 aromatic heterocycles. The molecule has 2 N–H and O–H groups in total. The lowest BCUT2D eigenvalue weighted by molar-refractivity contribution is 0.371. The largest absolute Gasteiger partial charge is 0.504 e. The van der Waals surface area contributed by atoms with E-state index in [9.17, 15) is 5.11 Å². The van der Waals surface area contributed by atoms with Gasteiger partial charge >= 0.3 is 0 Å². The van der Waals surface area contributed by atoms with Gasteiger partial charge in [-0.15, -0.1) is 0 Å². The number of benzene rings is 2. The van der Waals surface area contributed by atoms with Gasteiger partial charge in [-0.1, -0.05) is 18.2 Å². The number of nitrogens with one attached hydrogen (secondary N) is 1. The molecule has 0 atom stereocenters. The van der Waals surface area contributed by atoms with E-state index in [2.05, 4.69) is 34.0 Å². The molecule has 4 heteroatoms. The van der Waals surface area contributed by atoms with Crippen LogP contribution in [0.5, 0.6) is 11.5 Å². The minimum atomic E-state index is 0.193. The number of hydrogen-bond donors (Lipinski definition) is 2. The summed E-state index contributed by atoms with van der Waals surface area (Å²) in [6.07, 6.45) is 0. The van der Waals surface area contributed by atoms with Crippen molar-refractivity contribution < 1.29 is 9.84 Å². The first kappa shape index (κ1) is 13.0. The third-order valence-electron chi connectivity index (χ3n) is 2.61. The first-order chi connectivity index (χ1) is 8.70. The highest BCUT2D eigenvalue weighted by atomic mass is 127. The summed E-state index contributed by atoms with van der Waals surface area (Å²) in [5.74, 6) is 0.690. The third-order valence-corrected chi connectivity index (χ3v) is 3.28. The van der Waals surface area contributed by atoms with Crippen LogP contribution in [0.2, 0.25) is 0 Å². The molecule has 18 heavy (non-hydrogen) atoms. The van der Waals surface area contributed by atoms with Gasteiger partial charge in [0, 0.05) is 21.4 Å². The fourth-order valence-electron chi connectivity index (χ4n) is 1.67. The van der Waals surface area contributed by atoms with Crippen molar-refractivity contribution in [2.75, 3.05) is 12.4 Å². The summed E-state index contributed by atoms with van der Waals surface area (Å²) in [5, 5.41) is 13.2. The third kappa shape index (κ3) is 3.07. The maximum atomic E-state index is 9.95. The number of rotatable bonds is 4. The van der Waals surface area contributed by atoms with Crippen molar-refractivity contribution >= 4 is 28.3 Å². The van der Waals surface area contributed by atoms with Crippen LogP contribution >= 0.6 is 22.6 Å². The molecule has 0 radical (unpaired) electrons. The van der Waals surface area contributed by atoms with Crippen molar-refractivity contribution in [1.82, 2.24) is 0 Å². The predicted octanol–water partition coefficient (Wildman–Crippen LogP) is 3.62. The Hall–Kier alpha value is -1.43. The van der Waals surface area contributed by atoms with Crippen LogP contribution in [0.25, 0.3) is 0 Å². The van der Waals surface area contributed by atoms with Crippen molar-refractivity contribution in [2.24, 2.45) is 0 Å². The molecule has 0 unspecified atom stereocenters. The zero-order valence-corrected chi connectivity index (χ0v) is 12.1. The van der Waals surface area contributed by atoms with Gasteiger partial charge in [-0.05, 0) is 46.9 Å². The Morgan fingerprint density at radius 1 is 1.22 bits per heavy atom. The van der Waals surface area contributed by atoms with E-state index >= 15 is 0 Å². The number of anilines is 1. The van der Waals surface area contributed by atoms with Crippen molar-refractivity contribution in [3.05, 3.63) is 51.6 Å². The van der Waals surface area contributed by atoms with Crippen LogP contribution in [0.1, 0.15) is 5.56 Å². The van der Waals surface area contributed by atoms with E-state index in [-0.39, 0.29) is 5.75 Å². The second-order valence-electron chi connectivity index (χ2n) is 3.83. The molecular formula is C14H14INO2. The standard InChI is InChI=1S/C14H14INO2/c1-18-13-7-2-4-10(14(13)17)9-16-12-6-3-5-11(15)8-12/h2-8,16-17H,9H2,1H3. The number of phenolic OH excluding ortho intramolecular Hbond substituents is 1. The molecule has 3 nitrogen and oxygen atoms in total. The molecule has 0 saturated carbocycles. The quantitative estimate of drug-likeness (QED) is 0.824. The van der Waals surface area contributed by atoms with E-state index in [1.165, 1.54) is 3.57 Å². The summed E-state index contributed by atoms with van der Waals surface area (Å²) in [6, 6.07) is 13.6. The number of hydrogen-bond acceptors (Lipinski definition) is 3. The van der Waals surface area contributed by atoms with Gasteiger partial charge < -0.3 is 15.2 Å². The summed E-state index contributed by atoms with van der Waals surface area (Å²) >= 11 is 2.27. The van der Waals surface area contributed by atoms with Gasteiger partial charge in [0.1, 0.15) is 0 Å². The highest BCUT2D eigenvalue weighted by Gasteiger charge is 2.06. The fourth-order valence-corrected chi connectivity index (χ4v) is 2.21. The van der Waals surface area contributed by atoms with Crippen molar-refractivity contribution in [2.45, 2.75) is 6.54 Å². The molecule has 94 valence electrons. The van der Waals surface area contributed by atoms with E-state index in [0.29, 0.717) is 12.3 Å². The lowest BCUT2D eigenvalue weighted by Gasteiger charge is -2.10. The van der Waals surface area contributed by atoms with Crippen molar-refractivity contribution in [3.63, 3.8) is 0 Å². The molecule has 0 bridgehead atoms. The molecule has 0 spiro atoms. The number of halogens is 1. The number of para-hydroxylation sites is 1. The summed E-state index contributed by atoms with van der Waals surface area (Å²) < 4.78 is 6.25. The van der Waals surface area contributed by atoms with Gasteiger partial charge in [-0.2, -0.15) is 0 Å². The smallest absolute Gasteiger partial charge is 0.162 e. The maximum Gasteiger partial charge on any atom is 0.162 e. The highest BCUT2D eigenvalue weighted by molar-refractivity contribution is 14.1. The summed E-state index contributed by atoms with van der Waals surface area (Å²) in [4.78, 5) is 0. The first-order valence-corrected chi connectivity index (χ1v) is 6.63. The summed E-state index contributed by atoms with van der Waals surface area (Å²) in [7, 11) is 1.55. The van der Waals surface area contributed by atoms with Crippen molar-refractivity contribution in [1.29, 1.82) is 0 Å². The molecule has 0 aliphatic carbocycles. The Labute approximate surface area is 120 Å². The Morgan fingerprint density at radius 3 is 2.72 bits per heavy atom.